The van der Waals surface area contributed by atoms with Crippen molar-refractivity contribution in [1.82, 2.24) is 0 Å². The van der Waals surface area contributed by atoms with Crippen molar-refractivity contribution in [2.75, 3.05) is 6.61 Å². The lowest BCUT2D eigenvalue weighted by Gasteiger charge is -2.57. The Labute approximate surface area is 212 Å². The van der Waals surface area contributed by atoms with Crippen LogP contribution in [0.25, 0.3) is 0 Å². The van der Waals surface area contributed by atoms with Gasteiger partial charge < -0.3 is 9.84 Å². The summed E-state index contributed by atoms with van der Waals surface area (Å²) < 4.78 is 6.65. The molecule has 2 nitrogen and oxygen atoms in total. The molecule has 2 aliphatic rings. The Bertz CT molecular complexity index is 733. The summed E-state index contributed by atoms with van der Waals surface area (Å²) in [6.45, 7) is 26.0. The maximum atomic E-state index is 9.91. The minimum atomic E-state index is 0.0776. The van der Waals surface area contributed by atoms with Gasteiger partial charge in [-0.05, 0) is 105 Å². The van der Waals surface area contributed by atoms with Gasteiger partial charge in [0.1, 0.15) is 5.76 Å². The number of hydrogen-bond donors (Lipinski definition) is 1. The zero-order chi connectivity index (χ0) is 25.7. The maximum absolute atomic E-state index is 9.91. The van der Waals surface area contributed by atoms with Gasteiger partial charge in [0.2, 0.25) is 0 Å². The summed E-state index contributed by atoms with van der Waals surface area (Å²) in [5.41, 5.74) is 3.24. The van der Waals surface area contributed by atoms with Gasteiger partial charge in [0, 0.05) is 6.61 Å². The molecule has 2 aliphatic carbocycles. The van der Waals surface area contributed by atoms with E-state index in [-0.39, 0.29) is 18.1 Å². The largest absolute Gasteiger partial charge is 0.491 e. The van der Waals surface area contributed by atoms with E-state index in [0.717, 1.165) is 30.9 Å². The summed E-state index contributed by atoms with van der Waals surface area (Å²) in [5.74, 6) is 3.64. The lowest BCUT2D eigenvalue weighted by atomic mass is 9.48. The highest BCUT2D eigenvalue weighted by atomic mass is 16.5. The van der Waals surface area contributed by atoms with Gasteiger partial charge in [-0.3, -0.25) is 0 Å². The topological polar surface area (TPSA) is 29.5 Å². The van der Waals surface area contributed by atoms with Crippen LogP contribution in [-0.4, -0.2) is 17.8 Å². The van der Waals surface area contributed by atoms with E-state index >= 15 is 0 Å². The molecule has 2 rings (SSSR count). The molecule has 0 radical (unpaired) electrons. The van der Waals surface area contributed by atoms with Crippen molar-refractivity contribution in [1.29, 1.82) is 0 Å². The van der Waals surface area contributed by atoms with Crippen LogP contribution >= 0.6 is 0 Å². The number of aliphatic hydroxyl groups excluding tert-OH is 1. The Morgan fingerprint density at radius 2 is 1.82 bits per heavy atom. The molecule has 8 unspecified atom stereocenters. The van der Waals surface area contributed by atoms with Gasteiger partial charge in [-0.25, -0.2) is 0 Å². The highest BCUT2D eigenvalue weighted by Crippen LogP contribution is 2.61. The first-order valence-corrected chi connectivity index (χ1v) is 14.3. The number of rotatable bonds is 10. The Morgan fingerprint density at radius 1 is 1.15 bits per heavy atom. The summed E-state index contributed by atoms with van der Waals surface area (Å²) in [6, 6.07) is 0. The number of allylic oxidation sites excluding steroid dienone is 4. The van der Waals surface area contributed by atoms with E-state index in [1.807, 2.05) is 0 Å². The van der Waals surface area contributed by atoms with E-state index in [2.05, 4.69) is 81.0 Å². The van der Waals surface area contributed by atoms with Crippen LogP contribution in [0.1, 0.15) is 114 Å². The molecule has 0 aromatic carbocycles. The second-order valence-corrected chi connectivity index (χ2v) is 12.4. The lowest BCUT2D eigenvalue weighted by Crippen LogP contribution is -2.49. The van der Waals surface area contributed by atoms with Crippen LogP contribution in [0.15, 0.2) is 35.6 Å². The molecule has 8 atom stereocenters. The van der Waals surface area contributed by atoms with E-state index in [4.69, 9.17) is 4.74 Å². The molecular formula is C32H56O2. The SMILES string of the molecule is C=C(OC1CC(C)C(C)C(CO)C1)/C(=C/C)C1(C)CCC(C)C(C)(CC/C(C)=C/CC)C1CC. The van der Waals surface area contributed by atoms with Crippen molar-refractivity contribution in [2.24, 2.45) is 40.4 Å². The molecule has 0 aromatic rings. The van der Waals surface area contributed by atoms with Crippen LogP contribution in [0.2, 0.25) is 0 Å². The molecule has 0 amide bonds. The average molecular weight is 473 g/mol. The number of ether oxygens (including phenoxy) is 1. The molecule has 0 bridgehead atoms. The lowest BCUT2D eigenvalue weighted by molar-refractivity contribution is -0.0471. The zero-order valence-electron chi connectivity index (χ0n) is 24.0. The van der Waals surface area contributed by atoms with Crippen molar-refractivity contribution in [2.45, 2.75) is 120 Å². The first-order chi connectivity index (χ1) is 16.0. The molecular weight excluding hydrogens is 416 g/mol. The third-order valence-corrected chi connectivity index (χ3v) is 10.4. The predicted octanol–water partition coefficient (Wildman–Crippen LogP) is 9.11. The van der Waals surface area contributed by atoms with E-state index in [1.165, 1.54) is 43.3 Å². The second-order valence-electron chi connectivity index (χ2n) is 12.4. The van der Waals surface area contributed by atoms with E-state index in [0.29, 0.717) is 29.1 Å². The Hall–Kier alpha value is -1.02. The monoisotopic (exact) mass is 472 g/mol. The molecule has 2 saturated carbocycles. The minimum Gasteiger partial charge on any atom is -0.491 e. The summed E-state index contributed by atoms with van der Waals surface area (Å²) >= 11 is 0. The van der Waals surface area contributed by atoms with Crippen molar-refractivity contribution in [3.63, 3.8) is 0 Å². The third-order valence-electron chi connectivity index (χ3n) is 10.4. The summed E-state index contributed by atoms with van der Waals surface area (Å²) in [6.07, 6.45) is 14.1. The summed E-state index contributed by atoms with van der Waals surface area (Å²) in [7, 11) is 0. The van der Waals surface area contributed by atoms with E-state index in [1.54, 1.807) is 0 Å². The van der Waals surface area contributed by atoms with Gasteiger partial charge in [0.05, 0.1) is 6.10 Å². The first kappa shape index (κ1) is 29.2. The Balaban J connectivity index is 2.27. The van der Waals surface area contributed by atoms with Crippen LogP contribution in [0, 0.1) is 40.4 Å². The highest BCUT2D eigenvalue weighted by Gasteiger charge is 2.53. The fourth-order valence-corrected chi connectivity index (χ4v) is 7.82. The smallest absolute Gasteiger partial charge is 0.115 e. The van der Waals surface area contributed by atoms with Crippen LogP contribution in [0.5, 0.6) is 0 Å². The maximum Gasteiger partial charge on any atom is 0.115 e. The normalized spacial score (nSPS) is 39.7. The fourth-order valence-electron chi connectivity index (χ4n) is 7.82. The van der Waals surface area contributed by atoms with Gasteiger partial charge in [-0.1, -0.05) is 79.2 Å². The average Bonchev–Trinajstić information content (AvgIpc) is 2.78. The molecule has 1 N–H and O–H groups in total. The molecule has 0 spiro atoms. The van der Waals surface area contributed by atoms with Crippen molar-refractivity contribution in [3.05, 3.63) is 35.6 Å². The third kappa shape index (κ3) is 6.03. The summed E-state index contributed by atoms with van der Waals surface area (Å²) in [5, 5.41) is 9.91. The molecule has 0 heterocycles. The molecule has 2 fully saturated rings. The quantitative estimate of drug-likeness (QED) is 0.195. The van der Waals surface area contributed by atoms with Crippen molar-refractivity contribution in [3.8, 4) is 0 Å². The van der Waals surface area contributed by atoms with Gasteiger partial charge in [0.25, 0.3) is 0 Å². The number of aliphatic hydroxyl groups is 1. The molecule has 196 valence electrons. The molecule has 0 saturated heterocycles. The predicted molar refractivity (Wildman–Crippen MR) is 148 cm³/mol. The highest BCUT2D eigenvalue weighted by molar-refractivity contribution is 5.33. The first-order valence-electron chi connectivity index (χ1n) is 14.3. The van der Waals surface area contributed by atoms with Crippen LogP contribution in [0.3, 0.4) is 0 Å². The van der Waals surface area contributed by atoms with Crippen molar-refractivity contribution >= 4 is 0 Å². The van der Waals surface area contributed by atoms with E-state index < -0.39 is 0 Å². The van der Waals surface area contributed by atoms with E-state index in [9.17, 15) is 5.11 Å². The standard InChI is InChI=1S/C32H56O2/c1-11-14-22(4)15-17-31(9)24(6)16-18-32(10,30(31)13-3)29(12-2)26(8)34-28-19-23(5)25(7)27(20-28)21-33/h12,14,23-25,27-28,30,33H,8,11,13,15-21H2,1-7,9-10H3/b22-14+,29-12-. The second kappa shape index (κ2) is 12.3. The molecule has 0 aliphatic heterocycles. The van der Waals surface area contributed by atoms with Crippen molar-refractivity contribution < 1.29 is 9.84 Å². The van der Waals surface area contributed by atoms with Crippen LogP contribution < -0.4 is 0 Å². The summed E-state index contributed by atoms with van der Waals surface area (Å²) in [4.78, 5) is 0. The van der Waals surface area contributed by atoms with Gasteiger partial charge in [0.15, 0.2) is 0 Å². The van der Waals surface area contributed by atoms with Crippen LogP contribution in [0.4, 0.5) is 0 Å². The fraction of sp³-hybridized carbons (Fsp3) is 0.812. The molecule has 0 aromatic heterocycles. The minimum absolute atomic E-state index is 0.0776. The number of hydrogen-bond acceptors (Lipinski definition) is 2. The van der Waals surface area contributed by atoms with Crippen LogP contribution in [-0.2, 0) is 4.74 Å². The van der Waals surface area contributed by atoms with Gasteiger partial charge >= 0.3 is 0 Å². The Morgan fingerprint density at radius 3 is 2.38 bits per heavy atom. The Kier molecular flexibility index (Phi) is 10.6. The molecule has 2 heteroatoms. The van der Waals surface area contributed by atoms with Gasteiger partial charge in [-0.2, -0.15) is 0 Å². The van der Waals surface area contributed by atoms with Gasteiger partial charge in [-0.15, -0.1) is 0 Å². The molecule has 34 heavy (non-hydrogen) atoms. The zero-order valence-corrected chi connectivity index (χ0v) is 24.0.